The van der Waals surface area contributed by atoms with E-state index in [1.807, 2.05) is 25.1 Å². The van der Waals surface area contributed by atoms with Crippen LogP contribution in [0.3, 0.4) is 0 Å². The summed E-state index contributed by atoms with van der Waals surface area (Å²) in [6.45, 7) is 3.17. The molecule has 1 saturated carbocycles. The minimum atomic E-state index is -4.82. The second kappa shape index (κ2) is 7.01. The molecule has 0 saturated heterocycles. The lowest BCUT2D eigenvalue weighted by atomic mass is 9.90. The van der Waals surface area contributed by atoms with Gasteiger partial charge in [0, 0.05) is 5.92 Å². The summed E-state index contributed by atoms with van der Waals surface area (Å²) in [4.78, 5) is 12.5. The highest BCUT2D eigenvalue weighted by molar-refractivity contribution is 5.95. The predicted molar refractivity (Wildman–Crippen MR) is 90.3 cm³/mol. The van der Waals surface area contributed by atoms with Gasteiger partial charge in [0.05, 0.1) is 17.7 Å². The van der Waals surface area contributed by atoms with Crippen molar-refractivity contribution in [2.75, 3.05) is 0 Å². The zero-order valence-electron chi connectivity index (χ0n) is 14.7. The van der Waals surface area contributed by atoms with Crippen molar-refractivity contribution in [3.8, 4) is 0 Å². The molecule has 27 heavy (non-hydrogen) atoms. The summed E-state index contributed by atoms with van der Waals surface area (Å²) in [5, 5.41) is 22.8. The van der Waals surface area contributed by atoms with Crippen LogP contribution < -0.4 is 5.32 Å². The Hall–Kier alpha value is -2.32. The number of aliphatic hydroxyl groups is 2. The van der Waals surface area contributed by atoms with E-state index in [2.05, 4.69) is 9.73 Å². The molecule has 1 aromatic heterocycles. The minimum Gasteiger partial charge on any atom is -0.456 e. The fourth-order valence-electron chi connectivity index (χ4n) is 3.66. The maximum Gasteiger partial charge on any atom is 0.450 e. The van der Waals surface area contributed by atoms with Gasteiger partial charge in [0.25, 0.3) is 5.91 Å². The Morgan fingerprint density at radius 3 is 2.52 bits per heavy atom. The summed E-state index contributed by atoms with van der Waals surface area (Å²) >= 11 is 0. The number of aryl methyl sites for hydroxylation is 2. The van der Waals surface area contributed by atoms with Crippen LogP contribution in [0.5, 0.6) is 0 Å². The predicted octanol–water partition coefficient (Wildman–Crippen LogP) is 2.92. The molecule has 146 valence electrons. The zero-order chi connectivity index (χ0) is 19.9. The van der Waals surface area contributed by atoms with Gasteiger partial charge in [-0.05, 0) is 37.5 Å². The van der Waals surface area contributed by atoms with Gasteiger partial charge in [-0.1, -0.05) is 24.3 Å². The molecule has 0 aliphatic heterocycles. The number of nitrogens with one attached hydrogen (secondary N) is 1. The molecule has 0 radical (unpaired) electrons. The van der Waals surface area contributed by atoms with E-state index in [0.29, 0.717) is 0 Å². The van der Waals surface area contributed by atoms with Gasteiger partial charge in [-0.2, -0.15) is 13.2 Å². The topological polar surface area (TPSA) is 82.7 Å². The molecule has 1 aromatic carbocycles. The largest absolute Gasteiger partial charge is 0.456 e. The highest BCUT2D eigenvalue weighted by Crippen LogP contribution is 2.38. The summed E-state index contributed by atoms with van der Waals surface area (Å²) in [5.74, 6) is -2.86. The maximum absolute atomic E-state index is 13.1. The van der Waals surface area contributed by atoms with Gasteiger partial charge in [0.2, 0.25) is 5.76 Å². The number of carbonyl (C=O) groups excluding carboxylic acids is 1. The second-order valence-corrected chi connectivity index (χ2v) is 6.85. The summed E-state index contributed by atoms with van der Waals surface area (Å²) in [6, 6.07) is 7.38. The molecule has 2 aromatic rings. The van der Waals surface area contributed by atoms with E-state index < -0.39 is 47.6 Å². The lowest BCUT2D eigenvalue weighted by molar-refractivity contribution is -0.153. The Kier molecular flexibility index (Phi) is 5.05. The molecule has 0 unspecified atom stereocenters. The number of furan rings is 1. The fraction of sp³-hybridized carbons (Fsp3) is 0.421. The van der Waals surface area contributed by atoms with E-state index in [-0.39, 0.29) is 12.2 Å². The number of amides is 1. The molecule has 1 amide bonds. The van der Waals surface area contributed by atoms with E-state index in [1.165, 1.54) is 6.92 Å². The minimum absolute atomic E-state index is 0.0464. The number of rotatable bonds is 3. The molecule has 8 heteroatoms. The number of alkyl halides is 3. The molecule has 1 aliphatic carbocycles. The van der Waals surface area contributed by atoms with Gasteiger partial charge >= 0.3 is 6.18 Å². The molecule has 4 atom stereocenters. The van der Waals surface area contributed by atoms with E-state index in [4.69, 9.17) is 0 Å². The van der Waals surface area contributed by atoms with Crippen molar-refractivity contribution in [3.05, 3.63) is 58.5 Å². The Balaban J connectivity index is 1.91. The number of carbonyl (C=O) groups is 1. The lowest BCUT2D eigenvalue weighted by Crippen LogP contribution is -2.45. The van der Waals surface area contributed by atoms with Crippen molar-refractivity contribution in [2.45, 2.75) is 50.6 Å². The first-order valence-electron chi connectivity index (χ1n) is 8.49. The first-order valence-corrected chi connectivity index (χ1v) is 8.49. The number of hydrogen-bond acceptors (Lipinski definition) is 4. The van der Waals surface area contributed by atoms with Crippen molar-refractivity contribution in [1.29, 1.82) is 0 Å². The molecule has 0 bridgehead atoms. The van der Waals surface area contributed by atoms with E-state index in [1.54, 1.807) is 6.07 Å². The first kappa shape index (κ1) is 19.4. The SMILES string of the molecule is Cc1cc(C(=O)N[C@H]2[C@H](O)[C@H](O)C[C@@H]2c2ccccc2C)c(C(F)(F)F)o1. The monoisotopic (exact) mass is 383 g/mol. The van der Waals surface area contributed by atoms with Crippen LogP contribution in [0.1, 0.15) is 45.3 Å². The van der Waals surface area contributed by atoms with Crippen LogP contribution in [-0.4, -0.2) is 34.4 Å². The number of benzene rings is 1. The highest BCUT2D eigenvalue weighted by Gasteiger charge is 2.45. The second-order valence-electron chi connectivity index (χ2n) is 6.85. The smallest absolute Gasteiger partial charge is 0.450 e. The molecule has 1 aliphatic rings. The van der Waals surface area contributed by atoms with Crippen molar-refractivity contribution >= 4 is 5.91 Å². The maximum atomic E-state index is 13.1. The quantitative estimate of drug-likeness (QED) is 0.761. The fourth-order valence-corrected chi connectivity index (χ4v) is 3.66. The van der Waals surface area contributed by atoms with Crippen LogP contribution in [0.25, 0.3) is 0 Å². The Bertz CT molecular complexity index is 846. The molecule has 3 N–H and O–H groups in total. The van der Waals surface area contributed by atoms with Gasteiger partial charge in [-0.15, -0.1) is 0 Å². The van der Waals surface area contributed by atoms with Crippen LogP contribution in [0.15, 0.2) is 34.7 Å². The third kappa shape index (κ3) is 3.72. The standard InChI is InChI=1S/C19H20F3NO4/c1-9-5-3-4-6-11(9)12-8-14(24)16(25)15(12)23-18(26)13-7-10(2)27-17(13)19(20,21)22/h3-7,12,14-16,24-25H,8H2,1-2H3,(H,23,26)/t12-,14-,15-,16-/m1/s1. The van der Waals surface area contributed by atoms with Gasteiger partial charge in [0.15, 0.2) is 0 Å². The molecule has 1 heterocycles. The zero-order valence-corrected chi connectivity index (χ0v) is 14.7. The van der Waals surface area contributed by atoms with Gasteiger partial charge in [-0.25, -0.2) is 0 Å². The molecule has 5 nitrogen and oxygen atoms in total. The number of halogens is 3. The Morgan fingerprint density at radius 2 is 1.89 bits per heavy atom. The summed E-state index contributed by atoms with van der Waals surface area (Å²) < 4.78 is 44.0. The molecule has 0 spiro atoms. The Morgan fingerprint density at radius 1 is 1.22 bits per heavy atom. The average Bonchev–Trinajstić information content (AvgIpc) is 3.11. The van der Waals surface area contributed by atoms with E-state index in [9.17, 15) is 28.2 Å². The molecular formula is C19H20F3NO4. The van der Waals surface area contributed by atoms with Crippen LogP contribution in [0.2, 0.25) is 0 Å². The van der Waals surface area contributed by atoms with Crippen LogP contribution in [-0.2, 0) is 6.18 Å². The summed E-state index contributed by atoms with van der Waals surface area (Å²) in [7, 11) is 0. The number of hydrogen-bond donors (Lipinski definition) is 3. The van der Waals surface area contributed by atoms with Gasteiger partial charge < -0.3 is 19.9 Å². The van der Waals surface area contributed by atoms with Crippen molar-refractivity contribution in [3.63, 3.8) is 0 Å². The van der Waals surface area contributed by atoms with E-state index in [0.717, 1.165) is 17.2 Å². The summed E-state index contributed by atoms with van der Waals surface area (Å²) in [5.41, 5.74) is 1.08. The summed E-state index contributed by atoms with van der Waals surface area (Å²) in [6.07, 6.45) is -7.01. The third-order valence-corrected chi connectivity index (χ3v) is 4.93. The highest BCUT2D eigenvalue weighted by atomic mass is 19.4. The van der Waals surface area contributed by atoms with E-state index >= 15 is 0 Å². The average molecular weight is 383 g/mol. The van der Waals surface area contributed by atoms with Crippen molar-refractivity contribution in [1.82, 2.24) is 5.32 Å². The van der Waals surface area contributed by atoms with Crippen LogP contribution in [0.4, 0.5) is 13.2 Å². The molecule has 3 rings (SSSR count). The number of aliphatic hydroxyl groups excluding tert-OH is 2. The molecular weight excluding hydrogens is 363 g/mol. The van der Waals surface area contributed by atoms with Crippen LogP contribution >= 0.6 is 0 Å². The Labute approximate surface area is 153 Å². The third-order valence-electron chi connectivity index (χ3n) is 4.93. The normalized spacial score (nSPS) is 25.6. The van der Waals surface area contributed by atoms with Crippen molar-refractivity contribution < 1.29 is 32.6 Å². The molecule has 1 fully saturated rings. The first-order chi connectivity index (χ1) is 12.6. The van der Waals surface area contributed by atoms with Gasteiger partial charge in [0.1, 0.15) is 11.9 Å². The van der Waals surface area contributed by atoms with Gasteiger partial charge in [-0.3, -0.25) is 4.79 Å². The lowest BCUT2D eigenvalue weighted by Gasteiger charge is -2.25. The van der Waals surface area contributed by atoms with Crippen LogP contribution in [0, 0.1) is 13.8 Å². The van der Waals surface area contributed by atoms with Crippen molar-refractivity contribution in [2.24, 2.45) is 0 Å².